The molecule has 28 heavy (non-hydrogen) atoms. The average Bonchev–Trinajstić information content (AvgIpc) is 2.72. The first kappa shape index (κ1) is 20.4. The van der Waals surface area contributed by atoms with Gasteiger partial charge in [-0.25, -0.2) is 4.98 Å². The van der Waals surface area contributed by atoms with Gasteiger partial charge in [0.1, 0.15) is 5.82 Å². The number of piperidine rings is 1. The third kappa shape index (κ3) is 5.58. The van der Waals surface area contributed by atoms with E-state index in [9.17, 15) is 9.59 Å². The molecule has 2 aromatic rings. The maximum absolute atomic E-state index is 11.6. The van der Waals surface area contributed by atoms with Crippen molar-refractivity contribution in [2.24, 2.45) is 5.92 Å². The topological polar surface area (TPSA) is 71.5 Å². The van der Waals surface area contributed by atoms with E-state index < -0.39 is 0 Å². The second-order valence-electron chi connectivity index (χ2n) is 7.16. The van der Waals surface area contributed by atoms with Gasteiger partial charge in [0, 0.05) is 37.0 Å². The number of likely N-dealkylation sites (N-methyl/N-ethyl adjacent to an activating group) is 1. The van der Waals surface area contributed by atoms with Crippen LogP contribution in [0.2, 0.25) is 5.02 Å². The molecular weight excluding hydrogens is 378 g/mol. The number of pyridine rings is 1. The van der Waals surface area contributed by atoms with Crippen LogP contribution in [0.25, 0.3) is 10.9 Å². The summed E-state index contributed by atoms with van der Waals surface area (Å²) in [6, 6.07) is 9.88. The van der Waals surface area contributed by atoms with Gasteiger partial charge in [-0.15, -0.1) is 0 Å². The van der Waals surface area contributed by atoms with Crippen molar-refractivity contribution in [3.63, 3.8) is 0 Å². The number of nitrogens with one attached hydrogen (secondary N) is 1. The Bertz CT molecular complexity index is 835. The van der Waals surface area contributed by atoms with Crippen molar-refractivity contribution in [1.29, 1.82) is 0 Å². The van der Waals surface area contributed by atoms with E-state index in [1.807, 2.05) is 18.2 Å². The first-order chi connectivity index (χ1) is 13.5. The number of hydrogen-bond acceptors (Lipinski definition) is 5. The van der Waals surface area contributed by atoms with Gasteiger partial charge in [0.15, 0.2) is 6.61 Å². The molecule has 0 aliphatic carbocycles. The Kier molecular flexibility index (Phi) is 7.09. The Morgan fingerprint density at radius 2 is 2.04 bits per heavy atom. The highest BCUT2D eigenvalue weighted by Crippen LogP contribution is 2.27. The molecule has 150 valence electrons. The molecule has 0 unspecified atom stereocenters. The lowest BCUT2D eigenvalue weighted by molar-refractivity contribution is -0.148. The van der Waals surface area contributed by atoms with Crippen LogP contribution in [0.1, 0.15) is 32.1 Å². The van der Waals surface area contributed by atoms with Crippen LogP contribution in [0.5, 0.6) is 0 Å². The van der Waals surface area contributed by atoms with E-state index >= 15 is 0 Å². The molecule has 1 aliphatic rings. The molecule has 7 heteroatoms. The summed E-state index contributed by atoms with van der Waals surface area (Å²) in [5.41, 5.74) is 0.958. The Labute approximate surface area is 170 Å². The van der Waals surface area contributed by atoms with Gasteiger partial charge in [-0.2, -0.15) is 0 Å². The van der Waals surface area contributed by atoms with Crippen molar-refractivity contribution in [3.05, 3.63) is 35.4 Å². The summed E-state index contributed by atoms with van der Waals surface area (Å²) in [7, 11) is 1.52. The number of ether oxygens (including phenoxy) is 1. The minimum atomic E-state index is -0.304. The summed E-state index contributed by atoms with van der Waals surface area (Å²) in [6.45, 7) is 1.74. The second-order valence-corrected chi connectivity index (χ2v) is 7.60. The lowest BCUT2D eigenvalue weighted by atomic mass is 9.91. The predicted octanol–water partition coefficient (Wildman–Crippen LogP) is 3.56. The quantitative estimate of drug-likeness (QED) is 0.715. The highest BCUT2D eigenvalue weighted by molar-refractivity contribution is 6.31. The third-order valence-electron chi connectivity index (χ3n) is 5.21. The summed E-state index contributed by atoms with van der Waals surface area (Å²) in [5, 5.41) is 4.20. The monoisotopic (exact) mass is 403 g/mol. The zero-order chi connectivity index (χ0) is 19.9. The fraction of sp³-hybridized carbons (Fsp3) is 0.476. The van der Waals surface area contributed by atoms with E-state index in [0.29, 0.717) is 12.3 Å². The molecule has 0 bridgehead atoms. The zero-order valence-electron chi connectivity index (χ0n) is 16.1. The Morgan fingerprint density at radius 1 is 1.25 bits per heavy atom. The molecule has 1 aromatic carbocycles. The van der Waals surface area contributed by atoms with Crippen LogP contribution in [0, 0.1) is 5.92 Å². The number of amides is 1. The lowest BCUT2D eigenvalue weighted by Gasteiger charge is -2.33. The molecule has 1 N–H and O–H groups in total. The highest BCUT2D eigenvalue weighted by Gasteiger charge is 2.20. The van der Waals surface area contributed by atoms with Crippen molar-refractivity contribution in [3.8, 4) is 0 Å². The molecule has 0 saturated carbocycles. The highest BCUT2D eigenvalue weighted by atomic mass is 35.5. The largest absolute Gasteiger partial charge is 0.456 e. The molecule has 1 amide bonds. The van der Waals surface area contributed by atoms with Crippen molar-refractivity contribution >= 4 is 40.2 Å². The number of esters is 1. The molecule has 2 heterocycles. The predicted molar refractivity (Wildman–Crippen MR) is 111 cm³/mol. The molecule has 1 saturated heterocycles. The smallest absolute Gasteiger partial charge is 0.306 e. The van der Waals surface area contributed by atoms with E-state index in [4.69, 9.17) is 21.3 Å². The number of rotatable bonds is 7. The summed E-state index contributed by atoms with van der Waals surface area (Å²) >= 11 is 6.04. The summed E-state index contributed by atoms with van der Waals surface area (Å²) < 4.78 is 4.93. The molecule has 0 spiro atoms. The van der Waals surface area contributed by atoms with Crippen molar-refractivity contribution in [2.45, 2.75) is 32.1 Å². The van der Waals surface area contributed by atoms with Gasteiger partial charge in [0.25, 0.3) is 5.91 Å². The van der Waals surface area contributed by atoms with Crippen LogP contribution in [-0.2, 0) is 14.3 Å². The first-order valence-electron chi connectivity index (χ1n) is 9.72. The van der Waals surface area contributed by atoms with E-state index in [1.54, 1.807) is 0 Å². The standard InChI is InChI=1S/C21H26ClN3O3/c1-23-20(26)14-28-21(27)4-2-3-15-9-11-25(12-10-15)19-8-5-16-13-17(22)6-7-18(16)24-19/h5-8,13,15H,2-4,9-12,14H2,1H3,(H,23,26). The van der Waals surface area contributed by atoms with Crippen LogP contribution < -0.4 is 10.2 Å². The Morgan fingerprint density at radius 3 is 2.79 bits per heavy atom. The van der Waals surface area contributed by atoms with Crippen molar-refractivity contribution in [1.82, 2.24) is 10.3 Å². The van der Waals surface area contributed by atoms with E-state index in [2.05, 4.69) is 22.3 Å². The summed E-state index contributed by atoms with van der Waals surface area (Å²) in [4.78, 5) is 29.8. The minimum absolute atomic E-state index is 0.196. The van der Waals surface area contributed by atoms with Gasteiger partial charge < -0.3 is 15.0 Å². The normalized spacial score (nSPS) is 14.9. The summed E-state index contributed by atoms with van der Waals surface area (Å²) in [6.07, 6.45) is 4.35. The summed E-state index contributed by atoms with van der Waals surface area (Å²) in [5.74, 6) is 1.03. The van der Waals surface area contributed by atoms with Crippen LogP contribution in [-0.4, -0.2) is 43.6 Å². The number of carbonyl (C=O) groups is 2. The number of fused-ring (bicyclic) bond motifs is 1. The average molecular weight is 404 g/mol. The maximum atomic E-state index is 11.6. The SMILES string of the molecule is CNC(=O)COC(=O)CCCC1CCN(c2ccc3cc(Cl)ccc3n2)CC1. The van der Waals surface area contributed by atoms with Gasteiger partial charge in [-0.1, -0.05) is 11.6 Å². The van der Waals surface area contributed by atoms with Gasteiger partial charge in [0.05, 0.1) is 5.52 Å². The molecule has 3 rings (SSSR count). The van der Waals surface area contributed by atoms with Crippen LogP contribution >= 0.6 is 11.6 Å². The van der Waals surface area contributed by atoms with Gasteiger partial charge in [-0.3, -0.25) is 9.59 Å². The van der Waals surface area contributed by atoms with Gasteiger partial charge >= 0.3 is 5.97 Å². The molecule has 1 fully saturated rings. The second kappa shape index (κ2) is 9.73. The maximum Gasteiger partial charge on any atom is 0.306 e. The molecule has 1 aromatic heterocycles. The fourth-order valence-corrected chi connectivity index (χ4v) is 3.72. The number of nitrogens with zero attached hydrogens (tertiary/aromatic N) is 2. The zero-order valence-corrected chi connectivity index (χ0v) is 16.9. The molecule has 1 aliphatic heterocycles. The minimum Gasteiger partial charge on any atom is -0.456 e. The van der Waals surface area contributed by atoms with Crippen molar-refractivity contribution < 1.29 is 14.3 Å². The Balaban J connectivity index is 1.41. The van der Waals surface area contributed by atoms with Crippen LogP contribution in [0.15, 0.2) is 30.3 Å². The van der Waals surface area contributed by atoms with Crippen LogP contribution in [0.3, 0.4) is 0 Å². The van der Waals surface area contributed by atoms with E-state index in [0.717, 1.165) is 60.5 Å². The van der Waals surface area contributed by atoms with Crippen molar-refractivity contribution in [2.75, 3.05) is 31.6 Å². The van der Waals surface area contributed by atoms with E-state index in [-0.39, 0.29) is 18.5 Å². The Hall–Kier alpha value is -2.34. The number of hydrogen-bond donors (Lipinski definition) is 1. The molecule has 0 atom stereocenters. The third-order valence-corrected chi connectivity index (χ3v) is 5.45. The molecule has 0 radical (unpaired) electrons. The first-order valence-corrected chi connectivity index (χ1v) is 10.1. The number of aromatic nitrogens is 1. The number of benzene rings is 1. The van der Waals surface area contributed by atoms with Gasteiger partial charge in [0.2, 0.25) is 0 Å². The van der Waals surface area contributed by atoms with Gasteiger partial charge in [-0.05, 0) is 61.9 Å². The number of halogens is 1. The molecule has 6 nitrogen and oxygen atoms in total. The van der Waals surface area contributed by atoms with Crippen LogP contribution in [0.4, 0.5) is 5.82 Å². The number of anilines is 1. The molecular formula is C21H26ClN3O3. The van der Waals surface area contributed by atoms with E-state index in [1.165, 1.54) is 7.05 Å². The fourth-order valence-electron chi connectivity index (χ4n) is 3.54. The lowest BCUT2D eigenvalue weighted by Crippen LogP contribution is -2.34. The number of carbonyl (C=O) groups excluding carboxylic acids is 2.